The summed E-state index contributed by atoms with van der Waals surface area (Å²) in [5, 5.41) is 3.12. The molecule has 0 aromatic carbocycles. The van der Waals surface area contributed by atoms with Crippen molar-refractivity contribution in [3.05, 3.63) is 18.3 Å². The van der Waals surface area contributed by atoms with E-state index in [0.717, 1.165) is 56.6 Å². The van der Waals surface area contributed by atoms with Gasteiger partial charge in [-0.2, -0.15) is 0 Å². The Balaban J connectivity index is 1.36. The maximum absolute atomic E-state index is 12.8. The molecule has 1 saturated carbocycles. The standard InChI is InChI=1S/C22H35N5O/c1-17-6-5-7-18(2)27(17)22(28)24-19-10-11-23-21(16-19)26-14-12-25(13-15-26)20-8-3-4-9-20/h10-11,16-18,20H,3-9,12-15H2,1-2H3,(H,23,24,28)/t17-,18-/m0/s1. The molecule has 6 heteroatoms. The van der Waals surface area contributed by atoms with Crippen LogP contribution in [0.1, 0.15) is 58.8 Å². The number of pyridine rings is 1. The molecule has 1 aliphatic carbocycles. The summed E-state index contributed by atoms with van der Waals surface area (Å²) < 4.78 is 0. The highest BCUT2D eigenvalue weighted by Gasteiger charge is 2.29. The number of piperazine rings is 1. The minimum absolute atomic E-state index is 0.0166. The van der Waals surface area contributed by atoms with E-state index in [2.05, 4.69) is 33.9 Å². The summed E-state index contributed by atoms with van der Waals surface area (Å²) in [6.07, 6.45) is 10.7. The highest BCUT2D eigenvalue weighted by atomic mass is 16.2. The topological polar surface area (TPSA) is 51.7 Å². The molecule has 2 amide bonds. The molecule has 2 aliphatic heterocycles. The van der Waals surface area contributed by atoms with Gasteiger partial charge in [-0.1, -0.05) is 12.8 Å². The van der Waals surface area contributed by atoms with Crippen molar-refractivity contribution < 1.29 is 4.79 Å². The van der Waals surface area contributed by atoms with Gasteiger partial charge in [0.05, 0.1) is 0 Å². The van der Waals surface area contributed by atoms with Crippen LogP contribution in [0, 0.1) is 0 Å². The van der Waals surface area contributed by atoms with Crippen molar-refractivity contribution >= 4 is 17.5 Å². The predicted octanol–water partition coefficient (Wildman–Crippen LogP) is 3.94. The number of likely N-dealkylation sites (tertiary alicyclic amines) is 1. The van der Waals surface area contributed by atoms with E-state index in [-0.39, 0.29) is 6.03 Å². The number of carbonyl (C=O) groups is 1. The number of nitrogens with zero attached hydrogens (tertiary/aromatic N) is 4. The van der Waals surface area contributed by atoms with E-state index in [0.29, 0.717) is 12.1 Å². The molecule has 4 rings (SSSR count). The lowest BCUT2D eigenvalue weighted by Gasteiger charge is -2.39. The van der Waals surface area contributed by atoms with E-state index in [1.807, 2.05) is 23.2 Å². The minimum Gasteiger partial charge on any atom is -0.354 e. The Bertz CT molecular complexity index is 657. The Labute approximate surface area is 169 Å². The molecule has 6 nitrogen and oxygen atoms in total. The van der Waals surface area contributed by atoms with Crippen LogP contribution in [0.3, 0.4) is 0 Å². The molecule has 0 spiro atoms. The smallest absolute Gasteiger partial charge is 0.322 e. The fourth-order valence-electron chi connectivity index (χ4n) is 5.26. The van der Waals surface area contributed by atoms with E-state index in [1.165, 1.54) is 32.1 Å². The molecule has 0 radical (unpaired) electrons. The second kappa shape index (κ2) is 8.68. The fourth-order valence-corrected chi connectivity index (χ4v) is 5.26. The second-order valence-corrected chi connectivity index (χ2v) is 8.83. The molecule has 0 unspecified atom stereocenters. The zero-order chi connectivity index (χ0) is 19.5. The monoisotopic (exact) mass is 385 g/mol. The highest BCUT2D eigenvalue weighted by Crippen LogP contribution is 2.27. The highest BCUT2D eigenvalue weighted by molar-refractivity contribution is 5.90. The van der Waals surface area contributed by atoms with Crippen molar-refractivity contribution in [3.8, 4) is 0 Å². The first-order valence-electron chi connectivity index (χ1n) is 11.2. The van der Waals surface area contributed by atoms with E-state index in [9.17, 15) is 4.79 Å². The summed E-state index contributed by atoms with van der Waals surface area (Å²) in [5.41, 5.74) is 0.846. The molecule has 1 aromatic heterocycles. The number of urea groups is 1. The SMILES string of the molecule is C[C@H]1CCC[C@H](C)N1C(=O)Nc1ccnc(N2CCN(C3CCCC3)CC2)c1. The molecular formula is C22H35N5O. The van der Waals surface area contributed by atoms with Gasteiger partial charge in [-0.05, 0) is 52.0 Å². The van der Waals surface area contributed by atoms with Crippen molar-refractivity contribution in [2.75, 3.05) is 36.4 Å². The van der Waals surface area contributed by atoms with Gasteiger partial charge in [0.15, 0.2) is 0 Å². The Morgan fingerprint density at radius 2 is 1.68 bits per heavy atom. The third-order valence-electron chi connectivity index (χ3n) is 6.90. The summed E-state index contributed by atoms with van der Waals surface area (Å²) in [6, 6.07) is 5.34. The first-order chi connectivity index (χ1) is 13.6. The van der Waals surface area contributed by atoms with Crippen LogP contribution in [0.5, 0.6) is 0 Å². The van der Waals surface area contributed by atoms with Gasteiger partial charge in [-0.25, -0.2) is 9.78 Å². The lowest BCUT2D eigenvalue weighted by molar-refractivity contribution is 0.133. The lowest BCUT2D eigenvalue weighted by atomic mass is 9.98. The largest absolute Gasteiger partial charge is 0.354 e. The number of aromatic nitrogens is 1. The Morgan fingerprint density at radius 1 is 1.00 bits per heavy atom. The van der Waals surface area contributed by atoms with E-state index in [4.69, 9.17) is 0 Å². The van der Waals surface area contributed by atoms with Crippen molar-refractivity contribution in [2.45, 2.75) is 76.9 Å². The summed E-state index contributed by atoms with van der Waals surface area (Å²) in [7, 11) is 0. The van der Waals surface area contributed by atoms with E-state index in [1.54, 1.807) is 0 Å². The van der Waals surface area contributed by atoms with Crippen LogP contribution in [-0.4, -0.2) is 65.1 Å². The van der Waals surface area contributed by atoms with Gasteiger partial charge in [0.25, 0.3) is 0 Å². The number of carbonyl (C=O) groups excluding carboxylic acids is 1. The molecule has 0 bridgehead atoms. The molecule has 1 aromatic rings. The van der Waals surface area contributed by atoms with E-state index >= 15 is 0 Å². The van der Waals surface area contributed by atoms with Crippen LogP contribution in [0.15, 0.2) is 18.3 Å². The number of hydrogen-bond acceptors (Lipinski definition) is 4. The lowest BCUT2D eigenvalue weighted by Crippen LogP contribution is -2.50. The number of amides is 2. The molecular weight excluding hydrogens is 350 g/mol. The number of anilines is 2. The second-order valence-electron chi connectivity index (χ2n) is 8.83. The molecule has 154 valence electrons. The van der Waals surface area contributed by atoms with Crippen LogP contribution in [0.25, 0.3) is 0 Å². The van der Waals surface area contributed by atoms with Gasteiger partial charge in [0, 0.05) is 62.3 Å². The average molecular weight is 386 g/mol. The maximum Gasteiger partial charge on any atom is 0.322 e. The number of hydrogen-bond donors (Lipinski definition) is 1. The quantitative estimate of drug-likeness (QED) is 0.856. The van der Waals surface area contributed by atoms with Gasteiger partial charge in [-0.3, -0.25) is 4.90 Å². The third-order valence-corrected chi connectivity index (χ3v) is 6.90. The van der Waals surface area contributed by atoms with Crippen LogP contribution in [0.2, 0.25) is 0 Å². The number of rotatable bonds is 3. The van der Waals surface area contributed by atoms with Crippen LogP contribution < -0.4 is 10.2 Å². The van der Waals surface area contributed by atoms with Gasteiger partial charge in [-0.15, -0.1) is 0 Å². The van der Waals surface area contributed by atoms with Crippen molar-refractivity contribution in [2.24, 2.45) is 0 Å². The molecule has 2 atom stereocenters. The van der Waals surface area contributed by atoms with Gasteiger partial charge >= 0.3 is 6.03 Å². The zero-order valence-corrected chi connectivity index (χ0v) is 17.4. The van der Waals surface area contributed by atoms with Crippen molar-refractivity contribution in [1.82, 2.24) is 14.8 Å². The molecule has 28 heavy (non-hydrogen) atoms. The first-order valence-corrected chi connectivity index (χ1v) is 11.2. The van der Waals surface area contributed by atoms with Crippen molar-refractivity contribution in [1.29, 1.82) is 0 Å². The third kappa shape index (κ3) is 4.27. The van der Waals surface area contributed by atoms with Gasteiger partial charge in [0.1, 0.15) is 5.82 Å². The summed E-state index contributed by atoms with van der Waals surface area (Å²) >= 11 is 0. The normalized spacial score (nSPS) is 27.2. The van der Waals surface area contributed by atoms with Gasteiger partial charge in [0.2, 0.25) is 0 Å². The number of piperidine rings is 1. The number of nitrogens with one attached hydrogen (secondary N) is 1. The zero-order valence-electron chi connectivity index (χ0n) is 17.4. The summed E-state index contributed by atoms with van der Waals surface area (Å²) in [5.74, 6) is 0.976. The van der Waals surface area contributed by atoms with E-state index < -0.39 is 0 Å². The minimum atomic E-state index is 0.0166. The Hall–Kier alpha value is -1.82. The van der Waals surface area contributed by atoms with Crippen molar-refractivity contribution in [3.63, 3.8) is 0 Å². The van der Waals surface area contributed by atoms with Gasteiger partial charge < -0.3 is 15.1 Å². The molecule has 3 aliphatic rings. The summed E-state index contributed by atoms with van der Waals surface area (Å²) in [6.45, 7) is 8.56. The molecule has 3 fully saturated rings. The molecule has 3 heterocycles. The molecule has 1 N–H and O–H groups in total. The average Bonchev–Trinajstić information content (AvgIpc) is 3.23. The molecule has 2 saturated heterocycles. The van der Waals surface area contributed by atoms with Crippen LogP contribution in [0.4, 0.5) is 16.3 Å². The predicted molar refractivity (Wildman–Crippen MR) is 114 cm³/mol. The Morgan fingerprint density at radius 3 is 2.36 bits per heavy atom. The first kappa shape index (κ1) is 19.5. The van der Waals surface area contributed by atoms with Crippen LogP contribution >= 0.6 is 0 Å². The summed E-state index contributed by atoms with van der Waals surface area (Å²) in [4.78, 5) is 24.4. The van der Waals surface area contributed by atoms with Crippen LogP contribution in [-0.2, 0) is 0 Å². The Kier molecular flexibility index (Phi) is 6.04. The fraction of sp³-hybridized carbons (Fsp3) is 0.727. The maximum atomic E-state index is 12.8.